The van der Waals surface area contributed by atoms with E-state index in [2.05, 4.69) is 0 Å². The van der Waals surface area contributed by atoms with E-state index >= 15 is 0 Å². The quantitative estimate of drug-likeness (QED) is 0.551. The predicted molar refractivity (Wildman–Crippen MR) is 107 cm³/mol. The molecule has 0 saturated heterocycles. The number of hydrogen-bond donors (Lipinski definition) is 0. The lowest BCUT2D eigenvalue weighted by atomic mass is 9.90. The highest BCUT2D eigenvalue weighted by atomic mass is 16.5. The fraction of sp³-hybridized carbons (Fsp3) is 0.391. The summed E-state index contributed by atoms with van der Waals surface area (Å²) in [5.41, 5.74) is 2.02. The van der Waals surface area contributed by atoms with Crippen molar-refractivity contribution in [3.8, 4) is 5.75 Å². The van der Waals surface area contributed by atoms with Gasteiger partial charge in [-0.05, 0) is 29.7 Å². The maximum atomic E-state index is 12.6. The molecule has 2 atom stereocenters. The van der Waals surface area contributed by atoms with Crippen molar-refractivity contribution in [1.82, 2.24) is 0 Å². The largest absolute Gasteiger partial charge is 0.497 e. The zero-order chi connectivity index (χ0) is 20.4. The highest BCUT2D eigenvalue weighted by molar-refractivity contribution is 5.86. The van der Waals surface area contributed by atoms with E-state index in [9.17, 15) is 9.59 Å². The molecule has 0 aliphatic rings. The number of ketones is 1. The Kier molecular flexibility index (Phi) is 8.69. The Balaban J connectivity index is 1.88. The Labute approximate surface area is 166 Å². The van der Waals surface area contributed by atoms with Gasteiger partial charge in [0.25, 0.3) is 0 Å². The van der Waals surface area contributed by atoms with E-state index in [0.29, 0.717) is 19.6 Å². The summed E-state index contributed by atoms with van der Waals surface area (Å²) in [7, 11) is 2.95. The van der Waals surface area contributed by atoms with Crippen molar-refractivity contribution < 1.29 is 23.8 Å². The van der Waals surface area contributed by atoms with E-state index in [4.69, 9.17) is 14.2 Å². The van der Waals surface area contributed by atoms with Crippen molar-refractivity contribution in [1.29, 1.82) is 0 Å². The smallest absolute Gasteiger partial charge is 0.309 e. The molecule has 0 aliphatic carbocycles. The van der Waals surface area contributed by atoms with E-state index in [0.717, 1.165) is 16.9 Å². The van der Waals surface area contributed by atoms with Gasteiger partial charge in [-0.15, -0.1) is 0 Å². The topological polar surface area (TPSA) is 61.8 Å². The molecular weight excluding hydrogens is 356 g/mol. The number of ether oxygens (including phenoxy) is 3. The van der Waals surface area contributed by atoms with Crippen LogP contribution < -0.4 is 4.74 Å². The minimum Gasteiger partial charge on any atom is -0.497 e. The van der Waals surface area contributed by atoms with Crippen LogP contribution in [0.3, 0.4) is 0 Å². The molecule has 0 N–H and O–H groups in total. The minimum absolute atomic E-state index is 0.00280. The summed E-state index contributed by atoms with van der Waals surface area (Å²) in [4.78, 5) is 24.8. The average molecular weight is 384 g/mol. The molecule has 5 heteroatoms. The zero-order valence-electron chi connectivity index (χ0n) is 16.7. The molecule has 2 aromatic carbocycles. The number of rotatable bonds is 11. The molecule has 0 radical (unpaired) electrons. The Hall–Kier alpha value is -2.66. The first kappa shape index (κ1) is 21.6. The molecule has 5 nitrogen and oxygen atoms in total. The molecule has 2 aromatic rings. The van der Waals surface area contributed by atoms with Gasteiger partial charge in [-0.1, -0.05) is 49.4 Å². The van der Waals surface area contributed by atoms with E-state index in [-0.39, 0.29) is 24.1 Å². The molecule has 0 fully saturated rings. The molecule has 0 bridgehead atoms. The number of Topliss-reactive ketones (excluding diaryl/α,β-unsaturated/α-hetero) is 1. The van der Waals surface area contributed by atoms with Crippen LogP contribution in [-0.4, -0.2) is 32.6 Å². The third-order valence-corrected chi connectivity index (χ3v) is 4.65. The molecule has 150 valence electrons. The molecule has 0 aliphatic heterocycles. The summed E-state index contributed by atoms with van der Waals surface area (Å²) in [6.45, 7) is 2.62. The maximum Gasteiger partial charge on any atom is 0.309 e. The number of esters is 1. The van der Waals surface area contributed by atoms with E-state index in [1.165, 1.54) is 7.11 Å². The molecule has 0 unspecified atom stereocenters. The van der Waals surface area contributed by atoms with Gasteiger partial charge in [0.1, 0.15) is 11.5 Å². The third kappa shape index (κ3) is 6.82. The molecule has 0 saturated carbocycles. The second-order valence-electron chi connectivity index (χ2n) is 6.84. The van der Waals surface area contributed by atoms with Gasteiger partial charge in [-0.25, -0.2) is 0 Å². The van der Waals surface area contributed by atoms with Crippen molar-refractivity contribution in [2.75, 3.05) is 20.8 Å². The Morgan fingerprint density at radius 1 is 0.929 bits per heavy atom. The van der Waals surface area contributed by atoms with Gasteiger partial charge in [0.2, 0.25) is 0 Å². The lowest BCUT2D eigenvalue weighted by Gasteiger charge is -2.17. The third-order valence-electron chi connectivity index (χ3n) is 4.65. The van der Waals surface area contributed by atoms with Gasteiger partial charge < -0.3 is 14.2 Å². The van der Waals surface area contributed by atoms with Crippen molar-refractivity contribution in [3.63, 3.8) is 0 Å². The number of hydrogen-bond acceptors (Lipinski definition) is 5. The van der Waals surface area contributed by atoms with E-state index in [1.54, 1.807) is 7.11 Å². The summed E-state index contributed by atoms with van der Waals surface area (Å²) in [6, 6.07) is 17.3. The van der Waals surface area contributed by atoms with Crippen molar-refractivity contribution in [2.24, 2.45) is 11.8 Å². The highest BCUT2D eigenvalue weighted by Gasteiger charge is 2.25. The van der Waals surface area contributed by atoms with Crippen LogP contribution in [0.5, 0.6) is 5.75 Å². The number of carbonyl (C=O) groups excluding carboxylic acids is 2. The molecule has 2 rings (SSSR count). The van der Waals surface area contributed by atoms with Gasteiger partial charge in [-0.3, -0.25) is 9.59 Å². The average Bonchev–Trinajstić information content (AvgIpc) is 2.73. The van der Waals surface area contributed by atoms with Crippen molar-refractivity contribution in [2.45, 2.75) is 26.4 Å². The van der Waals surface area contributed by atoms with Crippen LogP contribution in [0.25, 0.3) is 0 Å². The zero-order valence-corrected chi connectivity index (χ0v) is 16.7. The van der Waals surface area contributed by atoms with Crippen LogP contribution in [0.1, 0.15) is 24.5 Å². The second-order valence-corrected chi connectivity index (χ2v) is 6.84. The molecule has 28 heavy (non-hydrogen) atoms. The fourth-order valence-electron chi connectivity index (χ4n) is 2.92. The van der Waals surface area contributed by atoms with Gasteiger partial charge >= 0.3 is 5.97 Å². The predicted octanol–water partition coefficient (Wildman–Crippen LogP) is 3.84. The number of carbonyl (C=O) groups is 2. The molecule has 0 spiro atoms. The molecular formula is C23H28O5. The summed E-state index contributed by atoms with van der Waals surface area (Å²) in [5, 5.41) is 0. The van der Waals surface area contributed by atoms with Crippen LogP contribution in [0.2, 0.25) is 0 Å². The lowest BCUT2D eigenvalue weighted by Crippen LogP contribution is -2.26. The monoisotopic (exact) mass is 384 g/mol. The fourth-order valence-corrected chi connectivity index (χ4v) is 2.92. The summed E-state index contributed by atoms with van der Waals surface area (Å²) in [5.74, 6) is -0.425. The molecule has 0 amide bonds. The van der Waals surface area contributed by atoms with E-state index < -0.39 is 5.92 Å². The van der Waals surface area contributed by atoms with Gasteiger partial charge in [0.05, 0.1) is 33.4 Å². The van der Waals surface area contributed by atoms with Gasteiger partial charge in [0, 0.05) is 12.3 Å². The maximum absolute atomic E-state index is 12.6. The standard InChI is InChI=1S/C23H28O5/c1-17(15-28-16-19-7-5-4-6-8-19)22(24)14-20(23(25)27-3)13-18-9-11-21(26-2)12-10-18/h4-12,17,20H,13-16H2,1-3H3/t17-,20+/m0/s1. The number of methoxy groups -OCH3 is 2. The van der Waals surface area contributed by atoms with Crippen molar-refractivity contribution in [3.05, 3.63) is 65.7 Å². The highest BCUT2D eigenvalue weighted by Crippen LogP contribution is 2.19. The van der Waals surface area contributed by atoms with Crippen LogP contribution in [0.4, 0.5) is 0 Å². The van der Waals surface area contributed by atoms with Gasteiger partial charge in [-0.2, -0.15) is 0 Å². The summed E-state index contributed by atoms with van der Waals surface area (Å²) in [6.07, 6.45) is 0.578. The first-order valence-corrected chi connectivity index (χ1v) is 9.38. The first-order valence-electron chi connectivity index (χ1n) is 9.38. The lowest BCUT2D eigenvalue weighted by molar-refractivity contribution is -0.147. The molecule has 0 aromatic heterocycles. The Morgan fingerprint density at radius 2 is 1.61 bits per heavy atom. The summed E-state index contributed by atoms with van der Waals surface area (Å²) < 4.78 is 15.7. The first-order chi connectivity index (χ1) is 13.5. The van der Waals surface area contributed by atoms with Crippen LogP contribution >= 0.6 is 0 Å². The normalized spacial score (nSPS) is 12.8. The minimum atomic E-state index is -0.512. The van der Waals surface area contributed by atoms with Crippen LogP contribution in [-0.2, 0) is 32.1 Å². The SMILES string of the molecule is COC(=O)[C@@H](CC(=O)[C@@H](C)COCc1ccccc1)Cc1ccc(OC)cc1. The van der Waals surface area contributed by atoms with E-state index in [1.807, 2.05) is 61.5 Å². The van der Waals surface area contributed by atoms with Crippen LogP contribution in [0.15, 0.2) is 54.6 Å². The van der Waals surface area contributed by atoms with Gasteiger partial charge in [0.15, 0.2) is 0 Å². The second kappa shape index (κ2) is 11.2. The van der Waals surface area contributed by atoms with Crippen molar-refractivity contribution >= 4 is 11.8 Å². The Morgan fingerprint density at radius 3 is 2.21 bits per heavy atom. The van der Waals surface area contributed by atoms with Crippen LogP contribution in [0, 0.1) is 11.8 Å². The summed E-state index contributed by atoms with van der Waals surface area (Å²) >= 11 is 0. The number of benzene rings is 2. The Bertz CT molecular complexity index is 739. The molecule has 0 heterocycles.